The van der Waals surface area contributed by atoms with E-state index in [0.29, 0.717) is 24.6 Å². The Kier molecular flexibility index (Phi) is 5.45. The zero-order valence-electron chi connectivity index (χ0n) is 11.4. The molecule has 0 aromatic carbocycles. The number of rotatable bonds is 4. The minimum Gasteiger partial charge on any atom is -0.378 e. The van der Waals surface area contributed by atoms with Gasteiger partial charge in [0.25, 0.3) is 0 Å². The molecule has 4 heteroatoms. The molecule has 0 bridgehead atoms. The second kappa shape index (κ2) is 7.10. The molecular formula is C14H26N2O2. The van der Waals surface area contributed by atoms with E-state index in [1.165, 1.54) is 12.8 Å². The number of ether oxygens (including phenoxy) is 1. The molecule has 0 aliphatic carbocycles. The molecule has 0 aromatic rings. The van der Waals surface area contributed by atoms with Crippen molar-refractivity contribution in [2.45, 2.75) is 70.1 Å². The molecule has 2 aliphatic heterocycles. The van der Waals surface area contributed by atoms with E-state index in [0.717, 1.165) is 38.8 Å². The molecule has 2 saturated heterocycles. The molecule has 3 unspecified atom stereocenters. The van der Waals surface area contributed by atoms with E-state index in [9.17, 15) is 4.79 Å². The highest BCUT2D eigenvalue weighted by Gasteiger charge is 2.23. The number of nitrogens with one attached hydrogen (secondary N) is 2. The molecule has 2 rings (SSSR count). The van der Waals surface area contributed by atoms with Crippen molar-refractivity contribution in [3.63, 3.8) is 0 Å². The van der Waals surface area contributed by atoms with Crippen LogP contribution in [0.5, 0.6) is 0 Å². The van der Waals surface area contributed by atoms with Gasteiger partial charge in [-0.25, -0.2) is 0 Å². The average molecular weight is 254 g/mol. The summed E-state index contributed by atoms with van der Waals surface area (Å²) >= 11 is 0. The van der Waals surface area contributed by atoms with Crippen LogP contribution in [0.1, 0.15) is 51.9 Å². The Balaban J connectivity index is 1.64. The van der Waals surface area contributed by atoms with Crippen LogP contribution in [-0.4, -0.2) is 37.2 Å². The van der Waals surface area contributed by atoms with Crippen LogP contribution in [-0.2, 0) is 9.53 Å². The average Bonchev–Trinajstić information content (AvgIpc) is 2.40. The van der Waals surface area contributed by atoms with Crippen LogP contribution in [0.2, 0.25) is 0 Å². The van der Waals surface area contributed by atoms with Crippen LogP contribution in [0, 0.1) is 0 Å². The van der Waals surface area contributed by atoms with Gasteiger partial charge >= 0.3 is 0 Å². The molecule has 2 aliphatic rings. The van der Waals surface area contributed by atoms with Crippen LogP contribution in [0.25, 0.3) is 0 Å². The number of carbonyl (C=O) groups is 1. The second-order valence-electron chi connectivity index (χ2n) is 5.59. The first-order valence-electron chi connectivity index (χ1n) is 7.40. The number of piperidine rings is 1. The summed E-state index contributed by atoms with van der Waals surface area (Å²) in [4.78, 5) is 11.9. The summed E-state index contributed by atoms with van der Waals surface area (Å²) in [5.74, 6) is 0.185. The summed E-state index contributed by atoms with van der Waals surface area (Å²) in [6.45, 7) is 4.09. The van der Waals surface area contributed by atoms with Gasteiger partial charge in [0.15, 0.2) is 0 Å². The van der Waals surface area contributed by atoms with E-state index in [-0.39, 0.29) is 5.91 Å². The zero-order valence-corrected chi connectivity index (χ0v) is 11.4. The lowest BCUT2D eigenvalue weighted by molar-refractivity contribution is -0.123. The fourth-order valence-corrected chi connectivity index (χ4v) is 2.85. The number of carbonyl (C=O) groups excluding carboxylic acids is 1. The molecule has 104 valence electrons. The summed E-state index contributed by atoms with van der Waals surface area (Å²) in [7, 11) is 0. The molecule has 2 heterocycles. The SMILES string of the molecule is CC1NCCCC1NC(=O)CCC1CCCCO1. The molecule has 4 nitrogen and oxygen atoms in total. The lowest BCUT2D eigenvalue weighted by atomic mass is 9.99. The molecule has 0 aromatic heterocycles. The summed E-state index contributed by atoms with van der Waals surface area (Å²) < 4.78 is 5.65. The van der Waals surface area contributed by atoms with Crippen molar-refractivity contribution in [3.8, 4) is 0 Å². The molecule has 0 spiro atoms. The summed E-state index contributed by atoms with van der Waals surface area (Å²) in [6, 6.07) is 0.701. The van der Waals surface area contributed by atoms with Gasteiger partial charge in [-0.2, -0.15) is 0 Å². The Morgan fingerprint density at radius 1 is 1.33 bits per heavy atom. The largest absolute Gasteiger partial charge is 0.378 e. The van der Waals surface area contributed by atoms with Crippen LogP contribution < -0.4 is 10.6 Å². The van der Waals surface area contributed by atoms with Gasteiger partial charge < -0.3 is 15.4 Å². The maximum atomic E-state index is 11.9. The predicted octanol–water partition coefficient (Wildman–Crippen LogP) is 1.59. The Labute approximate surface area is 110 Å². The molecule has 2 fully saturated rings. The topological polar surface area (TPSA) is 50.4 Å². The Morgan fingerprint density at radius 3 is 2.94 bits per heavy atom. The Bertz CT molecular complexity index is 265. The van der Waals surface area contributed by atoms with Gasteiger partial charge in [0.1, 0.15) is 0 Å². The van der Waals surface area contributed by atoms with Crippen LogP contribution in [0.4, 0.5) is 0 Å². The first-order chi connectivity index (χ1) is 8.75. The van der Waals surface area contributed by atoms with E-state index in [1.807, 2.05) is 0 Å². The van der Waals surface area contributed by atoms with Crippen molar-refractivity contribution in [1.82, 2.24) is 10.6 Å². The van der Waals surface area contributed by atoms with Crippen LogP contribution >= 0.6 is 0 Å². The third kappa shape index (κ3) is 4.25. The highest BCUT2D eigenvalue weighted by atomic mass is 16.5. The highest BCUT2D eigenvalue weighted by Crippen LogP contribution is 2.17. The van der Waals surface area contributed by atoms with Gasteiger partial charge in [0, 0.05) is 25.1 Å². The lowest BCUT2D eigenvalue weighted by Crippen LogP contribution is -2.51. The van der Waals surface area contributed by atoms with E-state index in [2.05, 4.69) is 17.6 Å². The molecule has 1 amide bonds. The molecule has 0 radical (unpaired) electrons. The van der Waals surface area contributed by atoms with Gasteiger partial charge in [0.2, 0.25) is 5.91 Å². The van der Waals surface area contributed by atoms with Gasteiger partial charge in [-0.15, -0.1) is 0 Å². The van der Waals surface area contributed by atoms with Crippen molar-refractivity contribution >= 4 is 5.91 Å². The molecular weight excluding hydrogens is 228 g/mol. The quantitative estimate of drug-likeness (QED) is 0.801. The minimum atomic E-state index is 0.185. The van der Waals surface area contributed by atoms with Crippen molar-refractivity contribution in [2.75, 3.05) is 13.2 Å². The van der Waals surface area contributed by atoms with Crippen molar-refractivity contribution in [2.24, 2.45) is 0 Å². The second-order valence-corrected chi connectivity index (χ2v) is 5.59. The van der Waals surface area contributed by atoms with Gasteiger partial charge in [-0.05, 0) is 52.0 Å². The molecule has 0 saturated carbocycles. The predicted molar refractivity (Wildman–Crippen MR) is 71.5 cm³/mol. The third-order valence-electron chi connectivity index (χ3n) is 4.08. The first kappa shape index (κ1) is 13.8. The Hall–Kier alpha value is -0.610. The number of hydrogen-bond acceptors (Lipinski definition) is 3. The third-order valence-corrected chi connectivity index (χ3v) is 4.08. The highest BCUT2D eigenvalue weighted by molar-refractivity contribution is 5.76. The van der Waals surface area contributed by atoms with E-state index in [4.69, 9.17) is 4.74 Å². The molecule has 18 heavy (non-hydrogen) atoms. The first-order valence-corrected chi connectivity index (χ1v) is 7.40. The van der Waals surface area contributed by atoms with E-state index in [1.54, 1.807) is 0 Å². The zero-order chi connectivity index (χ0) is 12.8. The normalized spacial score (nSPS) is 33.1. The fourth-order valence-electron chi connectivity index (χ4n) is 2.85. The van der Waals surface area contributed by atoms with Crippen molar-refractivity contribution in [3.05, 3.63) is 0 Å². The lowest BCUT2D eigenvalue weighted by Gasteiger charge is -2.31. The summed E-state index contributed by atoms with van der Waals surface area (Å²) in [5.41, 5.74) is 0. The Morgan fingerprint density at radius 2 is 2.22 bits per heavy atom. The van der Waals surface area contributed by atoms with Crippen molar-refractivity contribution in [1.29, 1.82) is 0 Å². The standard InChI is InChI=1S/C14H26N2O2/c1-11-13(6-4-9-15-11)16-14(17)8-7-12-5-2-3-10-18-12/h11-13,15H,2-10H2,1H3,(H,16,17). The fraction of sp³-hybridized carbons (Fsp3) is 0.929. The maximum Gasteiger partial charge on any atom is 0.220 e. The minimum absolute atomic E-state index is 0.185. The smallest absolute Gasteiger partial charge is 0.220 e. The number of hydrogen-bond donors (Lipinski definition) is 2. The van der Waals surface area contributed by atoms with Gasteiger partial charge in [-0.3, -0.25) is 4.79 Å². The van der Waals surface area contributed by atoms with E-state index < -0.39 is 0 Å². The molecule has 2 N–H and O–H groups in total. The monoisotopic (exact) mass is 254 g/mol. The van der Waals surface area contributed by atoms with Crippen molar-refractivity contribution < 1.29 is 9.53 Å². The molecule has 3 atom stereocenters. The van der Waals surface area contributed by atoms with Crippen LogP contribution in [0.15, 0.2) is 0 Å². The maximum absolute atomic E-state index is 11.9. The van der Waals surface area contributed by atoms with Gasteiger partial charge in [-0.1, -0.05) is 0 Å². The van der Waals surface area contributed by atoms with Crippen LogP contribution in [0.3, 0.4) is 0 Å². The summed E-state index contributed by atoms with van der Waals surface area (Å²) in [5, 5.41) is 6.55. The summed E-state index contributed by atoms with van der Waals surface area (Å²) in [6.07, 6.45) is 7.58. The number of amides is 1. The van der Waals surface area contributed by atoms with Gasteiger partial charge in [0.05, 0.1) is 6.10 Å². The van der Waals surface area contributed by atoms with E-state index >= 15 is 0 Å².